The van der Waals surface area contributed by atoms with Crippen LogP contribution in [0.4, 0.5) is 0 Å². The molecule has 0 spiro atoms. The number of halogens is 2. The Bertz CT molecular complexity index is 725. The van der Waals surface area contributed by atoms with Crippen molar-refractivity contribution in [1.29, 1.82) is 0 Å². The van der Waals surface area contributed by atoms with Crippen molar-refractivity contribution in [1.82, 2.24) is 5.43 Å². The van der Waals surface area contributed by atoms with Crippen LogP contribution in [0.3, 0.4) is 0 Å². The number of ether oxygens (including phenoxy) is 1. The molecule has 0 aliphatic heterocycles. The summed E-state index contributed by atoms with van der Waals surface area (Å²) in [5, 5.41) is 13.6. The first-order valence-electron chi connectivity index (χ1n) is 6.65. The highest BCUT2D eigenvalue weighted by Gasteiger charge is 2.05. The third-order valence-electron chi connectivity index (χ3n) is 2.80. The van der Waals surface area contributed by atoms with Gasteiger partial charge in [-0.15, -0.1) is 0 Å². The number of benzene rings is 2. The molecule has 0 heterocycles. The van der Waals surface area contributed by atoms with E-state index in [0.717, 1.165) is 18.3 Å². The summed E-state index contributed by atoms with van der Waals surface area (Å²) in [7, 11) is 0. The van der Waals surface area contributed by atoms with Crippen LogP contribution in [0.25, 0.3) is 0 Å². The molecule has 0 saturated heterocycles. The van der Waals surface area contributed by atoms with Gasteiger partial charge in [0.05, 0.1) is 13.4 Å². The predicted octanol–water partition coefficient (Wildman–Crippen LogP) is 3.44. The standard InChI is InChI=1S/C16H14I2N2O3/c1-10-3-2-4-12(5-10)23-9-15(21)20-19-8-11-6-13(17)16(22)14(18)7-11/h2-8,22H,9H2,1H3,(H,20,21)/b19-8+. The van der Waals surface area contributed by atoms with E-state index in [1.807, 2.05) is 70.3 Å². The lowest BCUT2D eigenvalue weighted by Gasteiger charge is -2.05. The number of carbonyl (C=O) groups is 1. The molecule has 2 rings (SSSR count). The molecule has 0 atom stereocenters. The number of nitrogens with zero attached hydrogens (tertiary/aromatic N) is 1. The zero-order valence-corrected chi connectivity index (χ0v) is 16.5. The molecule has 2 N–H and O–H groups in total. The van der Waals surface area contributed by atoms with Gasteiger partial charge in [0.2, 0.25) is 0 Å². The van der Waals surface area contributed by atoms with Gasteiger partial charge in [-0.1, -0.05) is 12.1 Å². The molecule has 0 unspecified atom stereocenters. The molecule has 2 aromatic carbocycles. The molecule has 1 amide bonds. The molecule has 120 valence electrons. The molecule has 0 aromatic heterocycles. The topological polar surface area (TPSA) is 70.9 Å². The molecule has 0 aliphatic carbocycles. The lowest BCUT2D eigenvalue weighted by Crippen LogP contribution is -2.24. The summed E-state index contributed by atoms with van der Waals surface area (Å²) in [5.74, 6) is 0.552. The van der Waals surface area contributed by atoms with Gasteiger partial charge >= 0.3 is 0 Å². The van der Waals surface area contributed by atoms with Crippen LogP contribution >= 0.6 is 45.2 Å². The number of phenols is 1. The molecule has 0 radical (unpaired) electrons. The Kier molecular flexibility index (Phi) is 6.63. The first-order valence-corrected chi connectivity index (χ1v) is 8.81. The van der Waals surface area contributed by atoms with Gasteiger partial charge in [0.1, 0.15) is 11.5 Å². The lowest BCUT2D eigenvalue weighted by molar-refractivity contribution is -0.123. The van der Waals surface area contributed by atoms with Crippen molar-refractivity contribution in [2.45, 2.75) is 6.92 Å². The Balaban J connectivity index is 1.86. The van der Waals surface area contributed by atoms with Gasteiger partial charge in [-0.05, 0) is 87.5 Å². The molecule has 2 aromatic rings. The van der Waals surface area contributed by atoms with Crippen molar-refractivity contribution < 1.29 is 14.6 Å². The quantitative estimate of drug-likeness (QED) is 0.350. The fourth-order valence-electron chi connectivity index (χ4n) is 1.72. The Labute approximate surface area is 161 Å². The van der Waals surface area contributed by atoms with Crippen LogP contribution in [0.1, 0.15) is 11.1 Å². The smallest absolute Gasteiger partial charge is 0.277 e. The molecular formula is C16H14I2N2O3. The zero-order chi connectivity index (χ0) is 16.8. The molecule has 0 bridgehead atoms. The van der Waals surface area contributed by atoms with E-state index in [9.17, 15) is 9.90 Å². The average Bonchev–Trinajstić information content (AvgIpc) is 2.50. The molecule has 5 nitrogen and oxygen atoms in total. The maximum atomic E-state index is 11.7. The van der Waals surface area contributed by atoms with Gasteiger partial charge in [-0.25, -0.2) is 5.43 Å². The molecule has 23 heavy (non-hydrogen) atoms. The normalized spacial score (nSPS) is 10.7. The largest absolute Gasteiger partial charge is 0.506 e. The van der Waals surface area contributed by atoms with Crippen molar-refractivity contribution in [2.24, 2.45) is 5.10 Å². The number of rotatable bonds is 5. The van der Waals surface area contributed by atoms with Crippen LogP contribution < -0.4 is 10.2 Å². The van der Waals surface area contributed by atoms with Crippen LogP contribution in [-0.4, -0.2) is 23.8 Å². The maximum Gasteiger partial charge on any atom is 0.277 e. The van der Waals surface area contributed by atoms with E-state index < -0.39 is 0 Å². The van der Waals surface area contributed by atoms with Crippen LogP contribution in [0.5, 0.6) is 11.5 Å². The number of aryl methyl sites for hydroxylation is 1. The van der Waals surface area contributed by atoms with E-state index in [0.29, 0.717) is 5.75 Å². The Morgan fingerprint density at radius 1 is 1.30 bits per heavy atom. The SMILES string of the molecule is Cc1cccc(OCC(=O)N/N=C/c2cc(I)c(O)c(I)c2)c1. The summed E-state index contributed by atoms with van der Waals surface area (Å²) in [6.45, 7) is 1.85. The van der Waals surface area contributed by atoms with E-state index in [2.05, 4.69) is 10.5 Å². The molecular weight excluding hydrogens is 522 g/mol. The monoisotopic (exact) mass is 536 g/mol. The summed E-state index contributed by atoms with van der Waals surface area (Å²) in [6.07, 6.45) is 1.52. The second kappa shape index (κ2) is 8.48. The molecule has 7 heteroatoms. The van der Waals surface area contributed by atoms with E-state index in [1.165, 1.54) is 6.21 Å². The Hall–Kier alpha value is -1.36. The fourth-order valence-corrected chi connectivity index (χ4v) is 3.54. The highest BCUT2D eigenvalue weighted by atomic mass is 127. The van der Waals surface area contributed by atoms with Crippen LogP contribution in [0.2, 0.25) is 0 Å². The van der Waals surface area contributed by atoms with Crippen molar-refractivity contribution in [3.63, 3.8) is 0 Å². The molecule has 0 fully saturated rings. The summed E-state index contributed by atoms with van der Waals surface area (Å²) in [6, 6.07) is 11.0. The van der Waals surface area contributed by atoms with E-state index >= 15 is 0 Å². The predicted molar refractivity (Wildman–Crippen MR) is 106 cm³/mol. The number of hydrogen-bond donors (Lipinski definition) is 2. The second-order valence-corrected chi connectivity index (χ2v) is 7.06. The number of phenolic OH excluding ortho intramolecular Hbond substituents is 1. The number of carbonyl (C=O) groups excluding carboxylic acids is 1. The van der Waals surface area contributed by atoms with Gasteiger partial charge in [0.25, 0.3) is 5.91 Å². The highest BCUT2D eigenvalue weighted by Crippen LogP contribution is 2.26. The first-order chi connectivity index (χ1) is 11.0. The third-order valence-corrected chi connectivity index (χ3v) is 4.45. The van der Waals surface area contributed by atoms with Crippen molar-refractivity contribution in [2.75, 3.05) is 6.61 Å². The second-order valence-electron chi connectivity index (χ2n) is 4.73. The summed E-state index contributed by atoms with van der Waals surface area (Å²) in [4.78, 5) is 11.7. The van der Waals surface area contributed by atoms with E-state index in [1.54, 1.807) is 18.2 Å². The first kappa shape index (κ1) is 18.0. The van der Waals surface area contributed by atoms with Gasteiger partial charge < -0.3 is 9.84 Å². The van der Waals surface area contributed by atoms with Crippen molar-refractivity contribution in [3.05, 3.63) is 54.7 Å². The molecule has 0 aliphatic rings. The number of nitrogens with one attached hydrogen (secondary N) is 1. The van der Waals surface area contributed by atoms with Crippen LogP contribution in [-0.2, 0) is 4.79 Å². The van der Waals surface area contributed by atoms with E-state index in [4.69, 9.17) is 4.74 Å². The Morgan fingerprint density at radius 3 is 2.65 bits per heavy atom. The minimum absolute atomic E-state index is 0.106. The van der Waals surface area contributed by atoms with Gasteiger partial charge in [-0.3, -0.25) is 4.79 Å². The van der Waals surface area contributed by atoms with Gasteiger partial charge in [0.15, 0.2) is 6.61 Å². The Morgan fingerprint density at radius 2 is 2.00 bits per heavy atom. The minimum Gasteiger partial charge on any atom is -0.506 e. The zero-order valence-electron chi connectivity index (χ0n) is 12.2. The number of hydrogen-bond acceptors (Lipinski definition) is 4. The minimum atomic E-state index is -0.342. The fraction of sp³-hybridized carbons (Fsp3) is 0.125. The lowest BCUT2D eigenvalue weighted by atomic mass is 10.2. The number of aromatic hydroxyl groups is 1. The third kappa shape index (κ3) is 5.65. The summed E-state index contributed by atoms with van der Waals surface area (Å²) >= 11 is 4.08. The van der Waals surface area contributed by atoms with Crippen molar-refractivity contribution in [3.8, 4) is 11.5 Å². The molecule has 0 saturated carbocycles. The number of amides is 1. The van der Waals surface area contributed by atoms with Crippen LogP contribution in [0.15, 0.2) is 41.5 Å². The van der Waals surface area contributed by atoms with Crippen LogP contribution in [0, 0.1) is 14.1 Å². The van der Waals surface area contributed by atoms with Crippen molar-refractivity contribution >= 4 is 57.3 Å². The average molecular weight is 536 g/mol. The van der Waals surface area contributed by atoms with Gasteiger partial charge in [0, 0.05) is 0 Å². The highest BCUT2D eigenvalue weighted by molar-refractivity contribution is 14.1. The number of hydrazone groups is 1. The summed E-state index contributed by atoms with van der Waals surface area (Å²) < 4.78 is 6.84. The van der Waals surface area contributed by atoms with E-state index in [-0.39, 0.29) is 18.3 Å². The van der Waals surface area contributed by atoms with Gasteiger partial charge in [-0.2, -0.15) is 5.10 Å². The maximum absolute atomic E-state index is 11.7. The summed E-state index contributed by atoms with van der Waals surface area (Å²) in [5.41, 5.74) is 4.26.